The lowest BCUT2D eigenvalue weighted by atomic mass is 10.1. The highest BCUT2D eigenvalue weighted by molar-refractivity contribution is 7.92. The van der Waals surface area contributed by atoms with Crippen molar-refractivity contribution in [3.63, 3.8) is 0 Å². The Bertz CT molecular complexity index is 1470. The van der Waals surface area contributed by atoms with E-state index in [-0.39, 0.29) is 17.3 Å². The van der Waals surface area contributed by atoms with Gasteiger partial charge in [0.1, 0.15) is 12.6 Å². The third-order valence-electron chi connectivity index (χ3n) is 6.23. The van der Waals surface area contributed by atoms with E-state index in [0.717, 1.165) is 15.4 Å². The van der Waals surface area contributed by atoms with Gasteiger partial charge in [-0.15, -0.1) is 0 Å². The number of nitrogens with one attached hydrogen (secondary N) is 1. The molecule has 0 bridgehead atoms. The zero-order chi connectivity index (χ0) is 29.8. The third-order valence-corrected chi connectivity index (χ3v) is 8.61. The van der Waals surface area contributed by atoms with E-state index < -0.39 is 34.1 Å². The van der Waals surface area contributed by atoms with E-state index in [1.165, 1.54) is 17.0 Å². The van der Waals surface area contributed by atoms with E-state index in [1.54, 1.807) is 61.5 Å². The van der Waals surface area contributed by atoms with Gasteiger partial charge in [0.2, 0.25) is 11.8 Å². The van der Waals surface area contributed by atoms with Crippen LogP contribution in [0.1, 0.15) is 44.4 Å². The zero-order valence-electron chi connectivity index (χ0n) is 23.5. The number of nitrogens with zero attached hydrogens (tertiary/aromatic N) is 2. The number of amides is 2. The lowest BCUT2D eigenvalue weighted by Crippen LogP contribution is -2.54. The van der Waals surface area contributed by atoms with Gasteiger partial charge in [0, 0.05) is 22.1 Å². The number of halogens is 2. The van der Waals surface area contributed by atoms with E-state index in [9.17, 15) is 18.0 Å². The summed E-state index contributed by atoms with van der Waals surface area (Å²) in [5.74, 6) is -0.951. The van der Waals surface area contributed by atoms with Gasteiger partial charge in [-0.25, -0.2) is 8.42 Å². The average Bonchev–Trinajstić information content (AvgIpc) is 2.86. The van der Waals surface area contributed by atoms with Crippen LogP contribution in [0.5, 0.6) is 0 Å². The fraction of sp³-hybridized carbons (Fsp3) is 0.333. The van der Waals surface area contributed by atoms with E-state index in [0.29, 0.717) is 21.3 Å². The largest absolute Gasteiger partial charge is 0.350 e. The first-order valence-corrected chi connectivity index (χ1v) is 15.0. The first kappa shape index (κ1) is 31.5. The molecule has 0 aliphatic heterocycles. The second-order valence-corrected chi connectivity index (χ2v) is 13.5. The van der Waals surface area contributed by atoms with Crippen LogP contribution in [0.2, 0.25) is 10.0 Å². The normalized spacial score (nSPS) is 12.5. The Morgan fingerprint density at radius 3 is 1.98 bits per heavy atom. The number of sulfonamides is 1. The van der Waals surface area contributed by atoms with Crippen molar-refractivity contribution in [3.05, 3.63) is 93.5 Å². The monoisotopic (exact) mass is 603 g/mol. The van der Waals surface area contributed by atoms with Crippen LogP contribution >= 0.6 is 23.2 Å². The van der Waals surface area contributed by atoms with Crippen molar-refractivity contribution >= 4 is 50.7 Å². The zero-order valence-corrected chi connectivity index (χ0v) is 25.9. The lowest BCUT2D eigenvalue weighted by molar-refractivity contribution is -0.140. The van der Waals surface area contributed by atoms with Crippen molar-refractivity contribution in [3.8, 4) is 0 Å². The fourth-order valence-electron chi connectivity index (χ4n) is 3.97. The van der Waals surface area contributed by atoms with Gasteiger partial charge in [-0.2, -0.15) is 0 Å². The smallest absolute Gasteiger partial charge is 0.264 e. The van der Waals surface area contributed by atoms with Gasteiger partial charge in [-0.3, -0.25) is 13.9 Å². The third kappa shape index (κ3) is 7.99. The number of hydrogen-bond acceptors (Lipinski definition) is 4. The summed E-state index contributed by atoms with van der Waals surface area (Å²) < 4.78 is 28.8. The predicted molar refractivity (Wildman–Crippen MR) is 161 cm³/mol. The van der Waals surface area contributed by atoms with Gasteiger partial charge >= 0.3 is 0 Å². The Balaban J connectivity index is 2.05. The summed E-state index contributed by atoms with van der Waals surface area (Å²) in [7, 11) is -4.13. The summed E-state index contributed by atoms with van der Waals surface area (Å²) in [6, 6.07) is 17.3. The van der Waals surface area contributed by atoms with Crippen LogP contribution in [0.4, 0.5) is 5.69 Å². The molecule has 0 saturated carbocycles. The number of anilines is 1. The molecule has 0 aliphatic rings. The highest BCUT2D eigenvalue weighted by atomic mass is 35.5. The van der Waals surface area contributed by atoms with Crippen molar-refractivity contribution < 1.29 is 18.0 Å². The molecule has 0 fully saturated rings. The Labute approximate surface area is 247 Å². The van der Waals surface area contributed by atoms with Crippen molar-refractivity contribution in [2.45, 2.75) is 64.6 Å². The highest BCUT2D eigenvalue weighted by Crippen LogP contribution is 2.27. The Morgan fingerprint density at radius 2 is 1.45 bits per heavy atom. The highest BCUT2D eigenvalue weighted by Gasteiger charge is 2.33. The molecule has 3 aromatic carbocycles. The van der Waals surface area contributed by atoms with E-state index >= 15 is 0 Å². The maximum atomic E-state index is 14.0. The first-order chi connectivity index (χ1) is 18.6. The molecule has 7 nitrogen and oxygen atoms in total. The minimum Gasteiger partial charge on any atom is -0.350 e. The van der Waals surface area contributed by atoms with Crippen LogP contribution < -0.4 is 9.62 Å². The predicted octanol–water partition coefficient (Wildman–Crippen LogP) is 6.14. The summed E-state index contributed by atoms with van der Waals surface area (Å²) in [5.41, 5.74) is 2.20. The Morgan fingerprint density at radius 1 is 0.900 bits per heavy atom. The lowest BCUT2D eigenvalue weighted by Gasteiger charge is -2.33. The summed E-state index contributed by atoms with van der Waals surface area (Å²) >= 11 is 12.5. The van der Waals surface area contributed by atoms with Crippen LogP contribution in [0.3, 0.4) is 0 Å². The molecule has 40 heavy (non-hydrogen) atoms. The van der Waals surface area contributed by atoms with Crippen LogP contribution in [-0.4, -0.2) is 43.3 Å². The molecule has 2 amide bonds. The summed E-state index contributed by atoms with van der Waals surface area (Å²) in [6.07, 6.45) is 0. The maximum Gasteiger partial charge on any atom is 0.264 e. The number of benzene rings is 3. The molecule has 10 heteroatoms. The number of hydrogen-bond donors (Lipinski definition) is 1. The van der Waals surface area contributed by atoms with Crippen LogP contribution in [0, 0.1) is 13.8 Å². The average molecular weight is 605 g/mol. The number of rotatable bonds is 9. The molecule has 214 valence electrons. The quantitative estimate of drug-likeness (QED) is 0.318. The van der Waals surface area contributed by atoms with Gasteiger partial charge in [-0.1, -0.05) is 64.7 Å². The van der Waals surface area contributed by atoms with Crippen molar-refractivity contribution in [2.75, 3.05) is 10.8 Å². The van der Waals surface area contributed by atoms with Gasteiger partial charge < -0.3 is 10.2 Å². The Hall–Kier alpha value is -3.07. The maximum absolute atomic E-state index is 14.0. The molecule has 3 rings (SSSR count). The molecular formula is C30H35Cl2N3O4S. The first-order valence-electron chi connectivity index (χ1n) is 12.8. The van der Waals surface area contributed by atoms with Crippen molar-refractivity contribution in [1.82, 2.24) is 10.2 Å². The molecule has 1 N–H and O–H groups in total. The molecule has 0 radical (unpaired) electrons. The minimum atomic E-state index is -4.13. The van der Waals surface area contributed by atoms with E-state index in [2.05, 4.69) is 5.32 Å². The van der Waals surface area contributed by atoms with Crippen molar-refractivity contribution in [1.29, 1.82) is 0 Å². The second kappa shape index (κ2) is 12.6. The molecule has 3 aromatic rings. The van der Waals surface area contributed by atoms with Gasteiger partial charge in [0.25, 0.3) is 10.0 Å². The molecule has 0 aromatic heterocycles. The minimum absolute atomic E-state index is 0.0279. The standard InChI is InChI=1S/C30H35Cl2N3O4S/c1-20-7-13-25(14-8-20)35(40(38,39)26-15-9-21(2)10-16-26)19-28(36)34(22(3)29(37)33-30(4,5)6)18-23-11-12-24(31)17-27(23)32/h7-17,22H,18-19H2,1-6H3,(H,33,37). The molecule has 1 atom stereocenters. The van der Waals surface area contributed by atoms with Gasteiger partial charge in [0.15, 0.2) is 0 Å². The molecule has 0 spiro atoms. The Kier molecular flexibility index (Phi) is 9.93. The van der Waals surface area contributed by atoms with E-state index in [4.69, 9.17) is 23.2 Å². The molecule has 0 saturated heterocycles. The van der Waals surface area contributed by atoms with Gasteiger partial charge in [0.05, 0.1) is 10.6 Å². The number of aryl methyl sites for hydroxylation is 2. The van der Waals surface area contributed by atoms with Gasteiger partial charge in [-0.05, 0) is 83.5 Å². The second-order valence-electron chi connectivity index (χ2n) is 10.8. The number of carbonyl (C=O) groups is 2. The summed E-state index contributed by atoms with van der Waals surface area (Å²) in [6.45, 7) is 10.3. The van der Waals surface area contributed by atoms with Crippen LogP contribution in [-0.2, 0) is 26.2 Å². The number of carbonyl (C=O) groups excluding carboxylic acids is 2. The molecule has 1 unspecified atom stereocenters. The molecular weight excluding hydrogens is 569 g/mol. The molecule has 0 aliphatic carbocycles. The SMILES string of the molecule is Cc1ccc(N(CC(=O)N(Cc2ccc(Cl)cc2Cl)C(C)C(=O)NC(C)(C)C)S(=O)(=O)c2ccc(C)cc2)cc1. The van der Waals surface area contributed by atoms with E-state index in [1.807, 2.05) is 34.6 Å². The van der Waals surface area contributed by atoms with Crippen LogP contribution in [0.15, 0.2) is 71.6 Å². The summed E-state index contributed by atoms with van der Waals surface area (Å²) in [5, 5.41) is 3.66. The molecule has 0 heterocycles. The summed E-state index contributed by atoms with van der Waals surface area (Å²) in [4.78, 5) is 28.6. The van der Waals surface area contributed by atoms with Crippen molar-refractivity contribution in [2.24, 2.45) is 0 Å². The fourth-order valence-corrected chi connectivity index (χ4v) is 5.85. The topological polar surface area (TPSA) is 86.8 Å². The van der Waals surface area contributed by atoms with Crippen LogP contribution in [0.25, 0.3) is 0 Å².